The SMILES string of the molecule is Oc1ccc2c(c1)CO[C@]21[C@@H]([C@H]2COC3(CCCCC3)O2)O[C@@H]2OC3(CCCCC3)O[C@@H]21. The van der Waals surface area contributed by atoms with Gasteiger partial charge in [-0.25, -0.2) is 0 Å². The van der Waals surface area contributed by atoms with Crippen LogP contribution in [0.4, 0.5) is 0 Å². The van der Waals surface area contributed by atoms with E-state index in [0.29, 0.717) is 13.2 Å². The zero-order valence-electron chi connectivity index (χ0n) is 18.4. The molecule has 4 aliphatic heterocycles. The van der Waals surface area contributed by atoms with Gasteiger partial charge in [-0.05, 0) is 48.9 Å². The maximum atomic E-state index is 10.1. The first-order valence-electron chi connectivity index (χ1n) is 12.4. The average Bonchev–Trinajstić information content (AvgIpc) is 3.53. The van der Waals surface area contributed by atoms with Crippen LogP contribution in [0.3, 0.4) is 0 Å². The molecule has 5 atom stereocenters. The number of aromatic hydroxyl groups is 1. The van der Waals surface area contributed by atoms with Gasteiger partial charge in [0.25, 0.3) is 0 Å². The van der Waals surface area contributed by atoms with Crippen molar-refractivity contribution >= 4 is 0 Å². The van der Waals surface area contributed by atoms with Gasteiger partial charge >= 0.3 is 0 Å². The highest BCUT2D eigenvalue weighted by molar-refractivity contribution is 5.44. The molecule has 1 aromatic carbocycles. The van der Waals surface area contributed by atoms with Crippen LogP contribution in [-0.2, 0) is 40.6 Å². The van der Waals surface area contributed by atoms with Crippen molar-refractivity contribution in [2.75, 3.05) is 6.61 Å². The number of hydrogen-bond acceptors (Lipinski definition) is 7. The molecule has 0 unspecified atom stereocenters. The summed E-state index contributed by atoms with van der Waals surface area (Å²) in [5.74, 6) is -0.828. The lowest BCUT2D eigenvalue weighted by molar-refractivity contribution is -0.279. The fourth-order valence-electron chi connectivity index (χ4n) is 6.98. The predicted molar refractivity (Wildman–Crippen MR) is 112 cm³/mol. The maximum Gasteiger partial charge on any atom is 0.191 e. The van der Waals surface area contributed by atoms with Crippen LogP contribution in [0.2, 0.25) is 0 Å². The number of rotatable bonds is 1. The number of hydrogen-bond donors (Lipinski definition) is 1. The topological polar surface area (TPSA) is 75.6 Å². The van der Waals surface area contributed by atoms with E-state index >= 15 is 0 Å². The molecule has 32 heavy (non-hydrogen) atoms. The molecule has 2 saturated carbocycles. The van der Waals surface area contributed by atoms with E-state index in [9.17, 15) is 5.11 Å². The van der Waals surface area contributed by atoms with Gasteiger partial charge in [-0.3, -0.25) is 0 Å². The minimum atomic E-state index is -0.830. The second-order valence-electron chi connectivity index (χ2n) is 10.4. The number of fused-ring (bicyclic) bond motifs is 4. The van der Waals surface area contributed by atoms with Gasteiger partial charge in [-0.1, -0.05) is 18.9 Å². The van der Waals surface area contributed by atoms with Gasteiger partial charge in [0, 0.05) is 25.7 Å². The fraction of sp³-hybridized carbons (Fsp3) is 0.760. The molecule has 7 nitrogen and oxygen atoms in total. The van der Waals surface area contributed by atoms with Gasteiger partial charge in [-0.15, -0.1) is 0 Å². The van der Waals surface area contributed by atoms with Crippen molar-refractivity contribution in [3.63, 3.8) is 0 Å². The van der Waals surface area contributed by atoms with E-state index in [1.165, 1.54) is 12.8 Å². The molecule has 7 rings (SSSR count). The summed E-state index contributed by atoms with van der Waals surface area (Å²) in [6.45, 7) is 0.885. The Hall–Kier alpha value is -1.22. The number of ether oxygens (including phenoxy) is 6. The number of benzene rings is 1. The van der Waals surface area contributed by atoms with Crippen molar-refractivity contribution in [2.45, 2.75) is 113 Å². The summed E-state index contributed by atoms with van der Waals surface area (Å²) in [7, 11) is 0. The lowest BCUT2D eigenvalue weighted by Gasteiger charge is -2.40. The Labute approximate surface area is 188 Å². The smallest absolute Gasteiger partial charge is 0.191 e. The predicted octanol–water partition coefficient (Wildman–Crippen LogP) is 3.99. The molecular weight excluding hydrogens is 412 g/mol. The highest BCUT2D eigenvalue weighted by atomic mass is 16.9. The highest BCUT2D eigenvalue weighted by Gasteiger charge is 2.71. The van der Waals surface area contributed by atoms with Crippen molar-refractivity contribution in [3.8, 4) is 5.75 Å². The first-order chi connectivity index (χ1) is 15.6. The second-order valence-corrected chi connectivity index (χ2v) is 10.4. The van der Waals surface area contributed by atoms with Crippen LogP contribution in [0.15, 0.2) is 18.2 Å². The van der Waals surface area contributed by atoms with Crippen molar-refractivity contribution in [2.24, 2.45) is 0 Å². The van der Waals surface area contributed by atoms with Gasteiger partial charge in [0.2, 0.25) is 0 Å². The summed E-state index contributed by atoms with van der Waals surface area (Å²) in [4.78, 5) is 0. The van der Waals surface area contributed by atoms with Gasteiger partial charge in [0.1, 0.15) is 24.1 Å². The molecule has 3 saturated heterocycles. The Morgan fingerprint density at radius 1 is 0.781 bits per heavy atom. The third-order valence-corrected chi connectivity index (χ3v) is 8.47. The maximum absolute atomic E-state index is 10.1. The van der Waals surface area contributed by atoms with Crippen LogP contribution in [0, 0.1) is 0 Å². The van der Waals surface area contributed by atoms with Crippen molar-refractivity contribution in [1.82, 2.24) is 0 Å². The summed E-state index contributed by atoms with van der Waals surface area (Å²) >= 11 is 0. The summed E-state index contributed by atoms with van der Waals surface area (Å²) in [5.41, 5.74) is 1.15. The standard InChI is InChI=1S/C25H32O7/c26-17-7-8-18-16(13-17)14-28-25(18)20(19-15-27-23(30-19)9-3-1-4-10-23)29-22-21(25)31-24(32-22)11-5-2-6-12-24/h7-8,13,19-22,26H,1-6,9-12,14-15H2/t19-,20-,21+,22-,25+/m1/s1. The van der Waals surface area contributed by atoms with Crippen LogP contribution in [0.5, 0.6) is 5.75 Å². The van der Waals surface area contributed by atoms with Crippen molar-refractivity contribution < 1.29 is 33.5 Å². The molecule has 0 amide bonds. The van der Waals surface area contributed by atoms with E-state index in [-0.39, 0.29) is 18.0 Å². The van der Waals surface area contributed by atoms with Crippen LogP contribution < -0.4 is 0 Å². The minimum absolute atomic E-state index is 0.241. The van der Waals surface area contributed by atoms with Crippen LogP contribution in [0.1, 0.15) is 75.3 Å². The minimum Gasteiger partial charge on any atom is -0.508 e. The Balaban J connectivity index is 1.25. The van der Waals surface area contributed by atoms with E-state index < -0.39 is 29.6 Å². The van der Waals surface area contributed by atoms with Crippen LogP contribution in [0.25, 0.3) is 0 Å². The first kappa shape index (κ1) is 20.2. The summed E-state index contributed by atoms with van der Waals surface area (Å²) in [6, 6.07) is 5.47. The van der Waals surface area contributed by atoms with E-state index in [1.807, 2.05) is 6.07 Å². The Morgan fingerprint density at radius 3 is 2.31 bits per heavy atom. The Morgan fingerprint density at radius 2 is 1.53 bits per heavy atom. The molecule has 3 spiro atoms. The molecule has 174 valence electrons. The summed E-state index contributed by atoms with van der Waals surface area (Å²) in [6.07, 6.45) is 9.01. The molecule has 0 aromatic heterocycles. The third kappa shape index (κ3) is 2.82. The first-order valence-corrected chi connectivity index (χ1v) is 12.4. The van der Waals surface area contributed by atoms with Crippen LogP contribution in [-0.4, -0.2) is 47.9 Å². The molecule has 4 heterocycles. The Bertz CT molecular complexity index is 890. The normalized spacial score (nSPS) is 41.5. The Kier molecular flexibility index (Phi) is 4.50. The lowest BCUT2D eigenvalue weighted by atomic mass is 9.81. The third-order valence-electron chi connectivity index (χ3n) is 8.47. The summed E-state index contributed by atoms with van der Waals surface area (Å²) in [5, 5.41) is 10.1. The average molecular weight is 445 g/mol. The molecule has 2 aliphatic carbocycles. The lowest BCUT2D eigenvalue weighted by Crippen LogP contribution is -2.52. The molecule has 5 fully saturated rings. The molecule has 6 aliphatic rings. The quantitative estimate of drug-likeness (QED) is 0.702. The van der Waals surface area contributed by atoms with Gasteiger partial charge in [-0.2, -0.15) is 0 Å². The largest absolute Gasteiger partial charge is 0.508 e. The van der Waals surface area contributed by atoms with Gasteiger partial charge in [0.15, 0.2) is 23.5 Å². The summed E-state index contributed by atoms with van der Waals surface area (Å²) < 4.78 is 39.3. The zero-order chi connectivity index (χ0) is 21.4. The zero-order valence-corrected chi connectivity index (χ0v) is 18.4. The van der Waals surface area contributed by atoms with Crippen molar-refractivity contribution in [3.05, 3.63) is 29.3 Å². The molecule has 0 bridgehead atoms. The fourth-order valence-corrected chi connectivity index (χ4v) is 6.98. The number of phenolic OH excluding ortho intramolecular Hbond substituents is 1. The monoisotopic (exact) mass is 444 g/mol. The molecular formula is C25H32O7. The van der Waals surface area contributed by atoms with Gasteiger partial charge in [0.05, 0.1) is 13.2 Å². The number of phenols is 1. The molecule has 1 N–H and O–H groups in total. The van der Waals surface area contributed by atoms with Crippen LogP contribution >= 0.6 is 0 Å². The molecule has 0 radical (unpaired) electrons. The highest BCUT2D eigenvalue weighted by Crippen LogP contribution is 2.58. The van der Waals surface area contributed by atoms with E-state index in [1.54, 1.807) is 12.1 Å². The second kappa shape index (κ2) is 7.14. The molecule has 1 aromatic rings. The van der Waals surface area contributed by atoms with Gasteiger partial charge < -0.3 is 33.5 Å². The molecule has 7 heteroatoms. The van der Waals surface area contributed by atoms with E-state index in [4.69, 9.17) is 28.4 Å². The van der Waals surface area contributed by atoms with Crippen molar-refractivity contribution in [1.29, 1.82) is 0 Å². The van der Waals surface area contributed by atoms with E-state index in [2.05, 4.69) is 0 Å². The van der Waals surface area contributed by atoms with E-state index in [0.717, 1.165) is 62.5 Å².